The SMILES string of the molecule is CC(C)(C)[Si](C)(C)OC1C(N=[N+]=[N-])C2OC(c3ccccc3)OCC2OC1(O)C#C[Si](C)(C)C. The summed E-state index contributed by atoms with van der Waals surface area (Å²) in [7, 11) is -4.29. The molecule has 0 bridgehead atoms. The first-order chi connectivity index (χ1) is 15.7. The molecule has 6 unspecified atom stereocenters. The molecule has 1 N–H and O–H groups in total. The highest BCUT2D eigenvalue weighted by atomic mass is 28.4. The summed E-state index contributed by atoms with van der Waals surface area (Å²) in [4.78, 5) is 3.10. The van der Waals surface area contributed by atoms with Crippen LogP contribution in [0.3, 0.4) is 0 Å². The summed E-state index contributed by atoms with van der Waals surface area (Å²) in [6.45, 7) is 16.9. The van der Waals surface area contributed by atoms with Crippen LogP contribution in [-0.2, 0) is 18.6 Å². The van der Waals surface area contributed by atoms with Crippen molar-refractivity contribution in [1.29, 1.82) is 0 Å². The van der Waals surface area contributed by atoms with Crippen LogP contribution in [0, 0.1) is 11.5 Å². The minimum absolute atomic E-state index is 0.152. The van der Waals surface area contributed by atoms with E-state index in [2.05, 4.69) is 75.0 Å². The predicted molar refractivity (Wildman–Crippen MR) is 136 cm³/mol. The Balaban J connectivity index is 2.05. The van der Waals surface area contributed by atoms with Crippen LogP contribution in [0.1, 0.15) is 32.6 Å². The summed E-state index contributed by atoms with van der Waals surface area (Å²) in [5.41, 5.74) is 13.5. The monoisotopic (exact) mass is 503 g/mol. The molecule has 8 nitrogen and oxygen atoms in total. The summed E-state index contributed by atoms with van der Waals surface area (Å²) in [5.74, 6) is 1.02. The van der Waals surface area contributed by atoms with Gasteiger partial charge in [-0.05, 0) is 29.6 Å². The lowest BCUT2D eigenvalue weighted by Gasteiger charge is -2.52. The maximum atomic E-state index is 11.8. The van der Waals surface area contributed by atoms with E-state index in [0.29, 0.717) is 0 Å². The van der Waals surface area contributed by atoms with Gasteiger partial charge in [0.15, 0.2) is 14.6 Å². The van der Waals surface area contributed by atoms with Crippen LogP contribution in [0.4, 0.5) is 0 Å². The maximum absolute atomic E-state index is 11.8. The number of aliphatic hydroxyl groups is 1. The normalized spacial score (nSPS) is 32.1. The molecule has 0 saturated carbocycles. The van der Waals surface area contributed by atoms with Crippen molar-refractivity contribution in [2.45, 2.75) is 95.0 Å². The second-order valence-electron chi connectivity index (χ2n) is 11.5. The van der Waals surface area contributed by atoms with Crippen LogP contribution in [0.25, 0.3) is 10.4 Å². The Morgan fingerprint density at radius 3 is 2.38 bits per heavy atom. The zero-order valence-corrected chi connectivity index (χ0v) is 23.4. The molecule has 0 spiro atoms. The van der Waals surface area contributed by atoms with E-state index >= 15 is 0 Å². The van der Waals surface area contributed by atoms with Crippen molar-refractivity contribution in [2.75, 3.05) is 6.61 Å². The van der Waals surface area contributed by atoms with Crippen molar-refractivity contribution >= 4 is 16.4 Å². The van der Waals surface area contributed by atoms with Crippen molar-refractivity contribution in [3.05, 3.63) is 46.3 Å². The first-order valence-corrected chi connectivity index (χ1v) is 18.1. The number of nitrogens with zero attached hydrogens (tertiary/aromatic N) is 3. The molecule has 2 heterocycles. The zero-order chi connectivity index (χ0) is 25.4. The van der Waals surface area contributed by atoms with E-state index < -0.39 is 52.8 Å². The van der Waals surface area contributed by atoms with E-state index in [-0.39, 0.29) is 11.6 Å². The van der Waals surface area contributed by atoms with Gasteiger partial charge in [-0.15, -0.1) is 5.54 Å². The fourth-order valence-corrected chi connectivity index (χ4v) is 5.48. The van der Waals surface area contributed by atoms with Crippen molar-refractivity contribution in [1.82, 2.24) is 0 Å². The molecule has 0 amide bonds. The second kappa shape index (κ2) is 9.76. The maximum Gasteiger partial charge on any atom is 0.257 e. The van der Waals surface area contributed by atoms with Crippen molar-refractivity contribution < 1.29 is 23.7 Å². The summed E-state index contributed by atoms with van der Waals surface area (Å²) in [5, 5.41) is 15.7. The van der Waals surface area contributed by atoms with Gasteiger partial charge in [-0.3, -0.25) is 0 Å². The highest BCUT2D eigenvalue weighted by Gasteiger charge is 2.59. The van der Waals surface area contributed by atoms with Crippen LogP contribution in [0.15, 0.2) is 35.4 Å². The van der Waals surface area contributed by atoms with Gasteiger partial charge in [-0.25, -0.2) is 0 Å². The van der Waals surface area contributed by atoms with Gasteiger partial charge >= 0.3 is 0 Å². The molecule has 1 aromatic rings. The molecule has 6 atom stereocenters. The average Bonchev–Trinajstić information content (AvgIpc) is 2.74. The van der Waals surface area contributed by atoms with Gasteiger partial charge in [0.25, 0.3) is 5.79 Å². The lowest BCUT2D eigenvalue weighted by atomic mass is 9.90. The quantitative estimate of drug-likeness (QED) is 0.201. The third-order valence-corrected chi connectivity index (χ3v) is 11.9. The molecule has 3 rings (SSSR count). The average molecular weight is 504 g/mol. The zero-order valence-electron chi connectivity index (χ0n) is 21.4. The largest absolute Gasteiger partial charge is 0.407 e. The fraction of sp³-hybridized carbons (Fsp3) is 0.667. The standard InChI is InChI=1S/C24H37N3O5Si2/c1-23(2,3)34(7,8)32-21-19(26-27-25)20-18(31-24(21,28)14-15-33(4,5)6)16-29-22(30-20)17-12-10-9-11-13-17/h9-13,18-22,28H,16H2,1-8H3. The topological polar surface area (TPSA) is 106 Å². The summed E-state index contributed by atoms with van der Waals surface area (Å²) >= 11 is 0. The number of benzene rings is 1. The van der Waals surface area contributed by atoms with E-state index in [1.807, 2.05) is 30.3 Å². The lowest BCUT2D eigenvalue weighted by Crippen LogP contribution is -2.69. The van der Waals surface area contributed by atoms with Gasteiger partial charge in [-0.2, -0.15) is 0 Å². The summed E-state index contributed by atoms with van der Waals surface area (Å²) in [6, 6.07) is 8.71. The number of azide groups is 1. The number of rotatable bonds is 4. The Morgan fingerprint density at radius 1 is 1.18 bits per heavy atom. The van der Waals surface area contributed by atoms with E-state index in [9.17, 15) is 10.6 Å². The number of fused-ring (bicyclic) bond motifs is 1. The van der Waals surface area contributed by atoms with Crippen molar-refractivity contribution in [3.63, 3.8) is 0 Å². The van der Waals surface area contributed by atoms with E-state index in [4.69, 9.17) is 18.6 Å². The van der Waals surface area contributed by atoms with E-state index in [1.165, 1.54) is 0 Å². The first-order valence-electron chi connectivity index (χ1n) is 11.7. The molecule has 2 aliphatic rings. The molecule has 10 heteroatoms. The minimum atomic E-state index is -2.43. The molecular weight excluding hydrogens is 466 g/mol. The Morgan fingerprint density at radius 2 is 1.82 bits per heavy atom. The highest BCUT2D eigenvalue weighted by Crippen LogP contribution is 2.44. The van der Waals surface area contributed by atoms with Gasteiger partial charge in [-0.1, -0.05) is 75.9 Å². The Labute approximate surface area is 204 Å². The van der Waals surface area contributed by atoms with Crippen LogP contribution in [0.2, 0.25) is 37.8 Å². The highest BCUT2D eigenvalue weighted by molar-refractivity contribution is 6.83. The number of ether oxygens (including phenoxy) is 3. The van der Waals surface area contributed by atoms with Crippen LogP contribution >= 0.6 is 0 Å². The summed E-state index contributed by atoms with van der Waals surface area (Å²) < 4.78 is 25.1. The van der Waals surface area contributed by atoms with E-state index in [1.54, 1.807) is 0 Å². The van der Waals surface area contributed by atoms with Crippen molar-refractivity contribution in [2.24, 2.45) is 5.11 Å². The lowest BCUT2D eigenvalue weighted by molar-refractivity contribution is -0.354. The van der Waals surface area contributed by atoms with E-state index in [0.717, 1.165) is 5.56 Å². The molecule has 0 aliphatic carbocycles. The fourth-order valence-electron chi connectivity index (χ4n) is 3.64. The third kappa shape index (κ3) is 5.93. The van der Waals surface area contributed by atoms with Crippen LogP contribution in [-0.4, -0.2) is 58.2 Å². The van der Waals surface area contributed by atoms with Crippen molar-refractivity contribution in [3.8, 4) is 11.5 Å². The molecule has 1 aromatic carbocycles. The number of hydrogen-bond donors (Lipinski definition) is 1. The van der Waals surface area contributed by atoms with Gasteiger partial charge in [0.2, 0.25) is 0 Å². The summed E-state index contributed by atoms with van der Waals surface area (Å²) in [6.07, 6.45) is -2.99. The Hall–Kier alpha value is -1.68. The molecule has 34 heavy (non-hydrogen) atoms. The third-order valence-electron chi connectivity index (χ3n) is 6.52. The number of hydrogen-bond acceptors (Lipinski definition) is 6. The van der Waals surface area contributed by atoms with Gasteiger partial charge < -0.3 is 23.7 Å². The van der Waals surface area contributed by atoms with Gasteiger partial charge in [0, 0.05) is 10.5 Å². The molecule has 2 fully saturated rings. The molecule has 2 saturated heterocycles. The minimum Gasteiger partial charge on any atom is -0.407 e. The first kappa shape index (κ1) is 26.9. The smallest absolute Gasteiger partial charge is 0.257 e. The molecule has 0 radical (unpaired) electrons. The van der Waals surface area contributed by atoms with Crippen LogP contribution in [0.5, 0.6) is 0 Å². The molecule has 0 aromatic heterocycles. The Kier molecular flexibility index (Phi) is 7.73. The Bertz CT molecular complexity index is 976. The second-order valence-corrected chi connectivity index (χ2v) is 21.0. The van der Waals surface area contributed by atoms with Gasteiger partial charge in [0.1, 0.15) is 26.4 Å². The van der Waals surface area contributed by atoms with Gasteiger partial charge in [0.05, 0.1) is 12.6 Å². The molecular formula is C24H37N3O5Si2. The van der Waals surface area contributed by atoms with Crippen LogP contribution < -0.4 is 0 Å². The molecule has 2 aliphatic heterocycles. The predicted octanol–water partition coefficient (Wildman–Crippen LogP) is 5.14. The molecule has 186 valence electrons.